The predicted octanol–water partition coefficient (Wildman–Crippen LogP) is 4.06. The Bertz CT molecular complexity index is 794. The van der Waals surface area contributed by atoms with E-state index in [1.807, 2.05) is 24.3 Å². The number of carbonyl (C=O) groups is 2. The fourth-order valence-corrected chi connectivity index (χ4v) is 3.72. The fourth-order valence-electron chi connectivity index (χ4n) is 2.55. The molecular formula is C18H16ClNO3S. The highest BCUT2D eigenvalue weighted by Gasteiger charge is 2.23. The van der Waals surface area contributed by atoms with Crippen molar-refractivity contribution in [3.63, 3.8) is 0 Å². The molecule has 0 aromatic heterocycles. The molecule has 0 fully saturated rings. The van der Waals surface area contributed by atoms with Crippen LogP contribution in [-0.4, -0.2) is 30.6 Å². The van der Waals surface area contributed by atoms with Crippen molar-refractivity contribution in [3.8, 4) is 5.75 Å². The molecular weight excluding hydrogens is 346 g/mol. The van der Waals surface area contributed by atoms with Crippen LogP contribution in [0.1, 0.15) is 17.3 Å². The molecule has 0 atom stereocenters. The zero-order chi connectivity index (χ0) is 17.1. The largest absolute Gasteiger partial charge is 0.483 e. The first-order chi connectivity index (χ1) is 11.6. The summed E-state index contributed by atoms with van der Waals surface area (Å²) in [6.07, 6.45) is 0. The molecule has 0 radical (unpaired) electrons. The number of nitrogens with zero attached hydrogens (tertiary/aromatic N) is 1. The number of amides is 1. The SMILES string of the molecule is CC(=O)c1cc(Cl)ccc1OCC(=O)N1CCSc2ccccc21. The van der Waals surface area contributed by atoms with Crippen molar-refractivity contribution in [2.45, 2.75) is 11.8 Å². The lowest BCUT2D eigenvalue weighted by Gasteiger charge is -2.29. The van der Waals surface area contributed by atoms with Gasteiger partial charge in [0, 0.05) is 22.2 Å². The number of hydrogen-bond acceptors (Lipinski definition) is 4. The zero-order valence-corrected chi connectivity index (χ0v) is 14.7. The third-order valence-electron chi connectivity index (χ3n) is 3.70. The molecule has 1 amide bonds. The molecule has 2 aromatic carbocycles. The summed E-state index contributed by atoms with van der Waals surface area (Å²) in [6, 6.07) is 12.6. The molecule has 0 N–H and O–H groups in total. The first-order valence-electron chi connectivity index (χ1n) is 7.52. The summed E-state index contributed by atoms with van der Waals surface area (Å²) in [5.74, 6) is 0.939. The number of halogens is 1. The molecule has 4 nitrogen and oxygen atoms in total. The quantitative estimate of drug-likeness (QED) is 0.770. The predicted molar refractivity (Wildman–Crippen MR) is 96.5 cm³/mol. The van der Waals surface area contributed by atoms with Gasteiger partial charge in [-0.15, -0.1) is 11.8 Å². The number of carbonyl (C=O) groups excluding carboxylic acids is 2. The molecule has 0 saturated heterocycles. The van der Waals surface area contributed by atoms with E-state index in [0.717, 1.165) is 16.3 Å². The lowest BCUT2D eigenvalue weighted by Crippen LogP contribution is -2.38. The number of fused-ring (bicyclic) bond motifs is 1. The number of para-hydroxylation sites is 1. The van der Waals surface area contributed by atoms with Gasteiger partial charge in [0.05, 0.1) is 11.3 Å². The highest BCUT2D eigenvalue weighted by molar-refractivity contribution is 7.99. The second-order valence-electron chi connectivity index (χ2n) is 5.35. The average Bonchev–Trinajstić information content (AvgIpc) is 2.59. The van der Waals surface area contributed by atoms with Gasteiger partial charge in [-0.25, -0.2) is 0 Å². The van der Waals surface area contributed by atoms with Crippen LogP contribution in [0.3, 0.4) is 0 Å². The Hall–Kier alpha value is -1.98. The Kier molecular flexibility index (Phi) is 5.11. The lowest BCUT2D eigenvalue weighted by atomic mass is 10.1. The van der Waals surface area contributed by atoms with Crippen LogP contribution in [0.5, 0.6) is 5.75 Å². The van der Waals surface area contributed by atoms with Gasteiger partial charge in [0.15, 0.2) is 12.4 Å². The Balaban J connectivity index is 1.75. The van der Waals surface area contributed by atoms with Gasteiger partial charge in [-0.3, -0.25) is 9.59 Å². The van der Waals surface area contributed by atoms with Crippen molar-refractivity contribution in [2.75, 3.05) is 23.8 Å². The number of benzene rings is 2. The lowest BCUT2D eigenvalue weighted by molar-refractivity contribution is -0.120. The minimum absolute atomic E-state index is 0.124. The molecule has 0 unspecified atom stereocenters. The molecule has 0 aliphatic carbocycles. The molecule has 3 rings (SSSR count). The molecule has 124 valence electrons. The van der Waals surface area contributed by atoms with E-state index in [1.54, 1.807) is 34.9 Å². The third-order valence-corrected chi connectivity index (χ3v) is 4.98. The van der Waals surface area contributed by atoms with E-state index in [2.05, 4.69) is 0 Å². The summed E-state index contributed by atoms with van der Waals surface area (Å²) < 4.78 is 5.61. The highest BCUT2D eigenvalue weighted by Crippen LogP contribution is 2.34. The first kappa shape index (κ1) is 16.9. The average molecular weight is 362 g/mol. The molecule has 2 aromatic rings. The van der Waals surface area contributed by atoms with Gasteiger partial charge in [-0.2, -0.15) is 0 Å². The molecule has 0 bridgehead atoms. The molecule has 0 spiro atoms. The Labute approximate surface area is 149 Å². The molecule has 0 saturated carbocycles. The maximum atomic E-state index is 12.6. The maximum Gasteiger partial charge on any atom is 0.264 e. The van der Waals surface area contributed by atoms with E-state index in [9.17, 15) is 9.59 Å². The van der Waals surface area contributed by atoms with Crippen molar-refractivity contribution in [1.82, 2.24) is 0 Å². The number of thioether (sulfide) groups is 1. The van der Waals surface area contributed by atoms with E-state index in [-0.39, 0.29) is 18.3 Å². The van der Waals surface area contributed by atoms with Gasteiger partial charge in [0.25, 0.3) is 5.91 Å². The van der Waals surface area contributed by atoms with Gasteiger partial charge >= 0.3 is 0 Å². The van der Waals surface area contributed by atoms with Crippen molar-refractivity contribution >= 4 is 40.7 Å². The Morgan fingerprint density at radius 1 is 1.25 bits per heavy atom. The number of ether oxygens (including phenoxy) is 1. The zero-order valence-electron chi connectivity index (χ0n) is 13.1. The Morgan fingerprint density at radius 2 is 2.04 bits per heavy atom. The number of rotatable bonds is 4. The second-order valence-corrected chi connectivity index (χ2v) is 6.92. The second kappa shape index (κ2) is 7.28. The van der Waals surface area contributed by atoms with E-state index in [4.69, 9.17) is 16.3 Å². The topological polar surface area (TPSA) is 46.6 Å². The third kappa shape index (κ3) is 3.57. The van der Waals surface area contributed by atoms with Crippen molar-refractivity contribution in [3.05, 3.63) is 53.1 Å². The highest BCUT2D eigenvalue weighted by atomic mass is 35.5. The summed E-state index contributed by atoms with van der Waals surface area (Å²) in [7, 11) is 0. The maximum absolute atomic E-state index is 12.6. The smallest absolute Gasteiger partial charge is 0.264 e. The Morgan fingerprint density at radius 3 is 2.83 bits per heavy atom. The van der Waals surface area contributed by atoms with Crippen molar-refractivity contribution < 1.29 is 14.3 Å². The molecule has 1 aliphatic rings. The van der Waals surface area contributed by atoms with Gasteiger partial charge in [0.1, 0.15) is 5.75 Å². The summed E-state index contributed by atoms with van der Waals surface area (Å²) >= 11 is 7.65. The van der Waals surface area contributed by atoms with Crippen LogP contribution in [0.2, 0.25) is 5.02 Å². The molecule has 24 heavy (non-hydrogen) atoms. The van der Waals surface area contributed by atoms with Gasteiger partial charge in [0.2, 0.25) is 0 Å². The van der Waals surface area contributed by atoms with E-state index in [0.29, 0.717) is 22.9 Å². The molecule has 6 heteroatoms. The van der Waals surface area contributed by atoms with E-state index in [1.165, 1.54) is 6.92 Å². The monoisotopic (exact) mass is 361 g/mol. The van der Waals surface area contributed by atoms with Crippen molar-refractivity contribution in [2.24, 2.45) is 0 Å². The van der Waals surface area contributed by atoms with Gasteiger partial charge in [-0.1, -0.05) is 23.7 Å². The summed E-state index contributed by atoms with van der Waals surface area (Å²) in [6.45, 7) is 1.96. The molecule has 1 aliphatic heterocycles. The van der Waals surface area contributed by atoms with Gasteiger partial charge in [-0.05, 0) is 37.3 Å². The number of ketones is 1. The summed E-state index contributed by atoms with van der Waals surface area (Å²) in [5.41, 5.74) is 1.29. The van der Waals surface area contributed by atoms with Crippen LogP contribution in [0.4, 0.5) is 5.69 Å². The summed E-state index contributed by atoms with van der Waals surface area (Å²) in [5, 5.41) is 0.459. The van der Waals surface area contributed by atoms with Crippen LogP contribution in [0.15, 0.2) is 47.4 Å². The fraction of sp³-hybridized carbons (Fsp3) is 0.222. The van der Waals surface area contributed by atoms with Gasteiger partial charge < -0.3 is 9.64 Å². The van der Waals surface area contributed by atoms with E-state index >= 15 is 0 Å². The summed E-state index contributed by atoms with van der Waals surface area (Å²) in [4.78, 5) is 27.1. The normalized spacial score (nSPS) is 13.3. The van der Waals surface area contributed by atoms with Crippen molar-refractivity contribution in [1.29, 1.82) is 0 Å². The minimum atomic E-state index is -0.153. The first-order valence-corrected chi connectivity index (χ1v) is 8.88. The van der Waals surface area contributed by atoms with Crippen LogP contribution in [-0.2, 0) is 4.79 Å². The van der Waals surface area contributed by atoms with Crippen LogP contribution in [0, 0.1) is 0 Å². The number of Topliss-reactive ketones (excluding diaryl/α,β-unsaturated/α-hetero) is 1. The van der Waals surface area contributed by atoms with E-state index < -0.39 is 0 Å². The molecule has 1 heterocycles. The number of hydrogen-bond donors (Lipinski definition) is 0. The van der Waals surface area contributed by atoms with Crippen LogP contribution in [0.25, 0.3) is 0 Å². The van der Waals surface area contributed by atoms with Crippen LogP contribution < -0.4 is 9.64 Å². The standard InChI is InChI=1S/C18H16ClNO3S/c1-12(21)14-10-13(19)6-7-16(14)23-11-18(22)20-8-9-24-17-5-3-2-4-15(17)20/h2-7,10H,8-9,11H2,1H3. The minimum Gasteiger partial charge on any atom is -0.483 e. The van der Waals surface area contributed by atoms with Crippen LogP contribution >= 0.6 is 23.4 Å². The number of anilines is 1.